The van der Waals surface area contributed by atoms with Crippen molar-refractivity contribution in [1.82, 2.24) is 20.1 Å². The highest BCUT2D eigenvalue weighted by molar-refractivity contribution is 7.99. The zero-order valence-electron chi connectivity index (χ0n) is 12.6. The first-order chi connectivity index (χ1) is 9.41. The minimum atomic E-state index is -0.548. The number of nitrogens with zero attached hydrogens (tertiary/aromatic N) is 3. The molecule has 0 aliphatic carbocycles. The molecule has 0 amide bonds. The van der Waals surface area contributed by atoms with Crippen LogP contribution in [0.4, 0.5) is 0 Å². The van der Waals surface area contributed by atoms with E-state index in [4.69, 9.17) is 0 Å². The molecule has 1 heterocycles. The summed E-state index contributed by atoms with van der Waals surface area (Å²) >= 11 is 1.51. The number of nitrogens with one attached hydrogen (secondary N) is 2. The number of aromatic amines is 1. The van der Waals surface area contributed by atoms with Crippen molar-refractivity contribution in [3.63, 3.8) is 0 Å². The van der Waals surface area contributed by atoms with Crippen molar-refractivity contribution in [2.75, 3.05) is 5.75 Å². The first kappa shape index (κ1) is 16.8. The summed E-state index contributed by atoms with van der Waals surface area (Å²) in [5, 5.41) is 19.7. The Morgan fingerprint density at radius 2 is 2.30 bits per heavy atom. The van der Waals surface area contributed by atoms with Gasteiger partial charge in [-0.3, -0.25) is 9.88 Å². The van der Waals surface area contributed by atoms with Crippen LogP contribution >= 0.6 is 11.8 Å². The van der Waals surface area contributed by atoms with E-state index in [9.17, 15) is 10.1 Å². The largest absolute Gasteiger partial charge is 0.343 e. The number of aromatic nitrogens is 3. The molecule has 0 aliphatic rings. The number of hydrogen-bond acceptors (Lipinski definition) is 5. The smallest absolute Gasteiger partial charge is 0.297 e. The Morgan fingerprint density at radius 3 is 2.85 bits per heavy atom. The van der Waals surface area contributed by atoms with Gasteiger partial charge in [0.1, 0.15) is 5.54 Å². The summed E-state index contributed by atoms with van der Waals surface area (Å²) in [6, 6.07) is 2.58. The SMILES string of the molecule is CCCn1c(SCCC(C)(C#N)NC(C)C)n[nH]c1=O. The van der Waals surface area contributed by atoms with Crippen molar-refractivity contribution in [2.45, 2.75) is 63.8 Å². The molecule has 7 heteroatoms. The van der Waals surface area contributed by atoms with Crippen LogP contribution in [0, 0.1) is 11.3 Å². The number of hydrogen-bond donors (Lipinski definition) is 2. The minimum absolute atomic E-state index is 0.169. The zero-order valence-corrected chi connectivity index (χ0v) is 13.4. The van der Waals surface area contributed by atoms with E-state index in [1.807, 2.05) is 27.7 Å². The van der Waals surface area contributed by atoms with Gasteiger partial charge in [0.25, 0.3) is 0 Å². The Balaban J connectivity index is 2.60. The lowest BCUT2D eigenvalue weighted by molar-refractivity contribution is 0.397. The Hall–Kier alpha value is -1.26. The lowest BCUT2D eigenvalue weighted by Crippen LogP contribution is -2.45. The van der Waals surface area contributed by atoms with Crippen molar-refractivity contribution in [2.24, 2.45) is 0 Å². The van der Waals surface area contributed by atoms with Gasteiger partial charge in [0.15, 0.2) is 5.16 Å². The molecule has 20 heavy (non-hydrogen) atoms. The van der Waals surface area contributed by atoms with Gasteiger partial charge in [0.2, 0.25) is 0 Å². The van der Waals surface area contributed by atoms with Crippen LogP contribution in [0.15, 0.2) is 9.95 Å². The molecule has 1 unspecified atom stereocenters. The summed E-state index contributed by atoms with van der Waals surface area (Å²) in [5.74, 6) is 0.734. The number of rotatable bonds is 8. The van der Waals surface area contributed by atoms with E-state index in [1.165, 1.54) is 11.8 Å². The Labute approximate surface area is 123 Å². The van der Waals surface area contributed by atoms with Gasteiger partial charge in [0, 0.05) is 18.3 Å². The lowest BCUT2D eigenvalue weighted by Gasteiger charge is -2.25. The summed E-state index contributed by atoms with van der Waals surface area (Å²) in [4.78, 5) is 11.6. The average molecular weight is 297 g/mol. The van der Waals surface area contributed by atoms with E-state index in [-0.39, 0.29) is 11.7 Å². The molecule has 0 radical (unpaired) electrons. The maximum absolute atomic E-state index is 11.6. The Bertz CT molecular complexity index is 516. The Morgan fingerprint density at radius 1 is 1.60 bits per heavy atom. The highest BCUT2D eigenvalue weighted by atomic mass is 32.2. The zero-order chi connectivity index (χ0) is 15.2. The first-order valence-electron chi connectivity index (χ1n) is 6.89. The molecule has 1 aromatic rings. The molecular weight excluding hydrogens is 274 g/mol. The fourth-order valence-electron chi connectivity index (χ4n) is 1.98. The van der Waals surface area contributed by atoms with E-state index in [0.717, 1.165) is 12.2 Å². The molecule has 0 saturated carbocycles. The summed E-state index contributed by atoms with van der Waals surface area (Å²) in [6.45, 7) is 8.63. The van der Waals surface area contributed by atoms with Crippen molar-refractivity contribution in [1.29, 1.82) is 5.26 Å². The van der Waals surface area contributed by atoms with Gasteiger partial charge in [-0.05, 0) is 33.6 Å². The molecule has 0 aliphatic heterocycles. The van der Waals surface area contributed by atoms with Gasteiger partial charge in [-0.1, -0.05) is 18.7 Å². The molecule has 0 aromatic carbocycles. The van der Waals surface area contributed by atoms with E-state index in [2.05, 4.69) is 21.6 Å². The molecule has 1 aromatic heterocycles. The molecule has 6 nitrogen and oxygen atoms in total. The summed E-state index contributed by atoms with van der Waals surface area (Å²) in [5.41, 5.74) is -0.717. The molecule has 112 valence electrons. The van der Waals surface area contributed by atoms with Crippen LogP contribution in [-0.4, -0.2) is 32.1 Å². The molecule has 0 fully saturated rings. The Kier molecular flexibility index (Phi) is 6.30. The molecule has 1 rings (SSSR count). The summed E-state index contributed by atoms with van der Waals surface area (Å²) in [6.07, 6.45) is 1.58. The molecule has 1 atom stereocenters. The van der Waals surface area contributed by atoms with E-state index >= 15 is 0 Å². The van der Waals surface area contributed by atoms with Gasteiger partial charge in [-0.15, -0.1) is 5.10 Å². The maximum Gasteiger partial charge on any atom is 0.343 e. The van der Waals surface area contributed by atoms with Crippen LogP contribution in [-0.2, 0) is 6.54 Å². The van der Waals surface area contributed by atoms with Gasteiger partial charge >= 0.3 is 5.69 Å². The third kappa shape index (κ3) is 4.69. The highest BCUT2D eigenvalue weighted by Crippen LogP contribution is 2.19. The fourth-order valence-corrected chi connectivity index (χ4v) is 3.11. The van der Waals surface area contributed by atoms with Crippen LogP contribution in [0.5, 0.6) is 0 Å². The number of H-pyrrole nitrogens is 1. The fraction of sp³-hybridized carbons (Fsp3) is 0.769. The quantitative estimate of drug-likeness (QED) is 0.714. The molecular formula is C13H23N5OS. The van der Waals surface area contributed by atoms with Gasteiger partial charge in [-0.25, -0.2) is 9.89 Å². The molecule has 0 saturated heterocycles. The summed E-state index contributed by atoms with van der Waals surface area (Å²) in [7, 11) is 0. The second kappa shape index (κ2) is 7.50. The molecule has 2 N–H and O–H groups in total. The third-order valence-corrected chi connectivity index (χ3v) is 3.84. The average Bonchev–Trinajstić information content (AvgIpc) is 2.71. The van der Waals surface area contributed by atoms with Crippen LogP contribution in [0.2, 0.25) is 0 Å². The number of nitriles is 1. The van der Waals surface area contributed by atoms with Crippen LogP contribution in [0.1, 0.15) is 40.5 Å². The first-order valence-corrected chi connectivity index (χ1v) is 7.87. The predicted octanol–water partition coefficient (Wildman–Crippen LogP) is 1.74. The van der Waals surface area contributed by atoms with Crippen molar-refractivity contribution in [3.8, 4) is 6.07 Å². The topological polar surface area (TPSA) is 86.5 Å². The standard InChI is InChI=1S/C13H23N5OS/c1-5-7-18-11(19)16-17-12(18)20-8-6-13(4,9-14)15-10(2)3/h10,15H,5-8H2,1-4H3,(H,16,19). The van der Waals surface area contributed by atoms with Gasteiger partial charge in [0.05, 0.1) is 6.07 Å². The van der Waals surface area contributed by atoms with Crippen molar-refractivity contribution >= 4 is 11.8 Å². The maximum atomic E-state index is 11.6. The lowest BCUT2D eigenvalue weighted by atomic mass is 10.0. The number of thioether (sulfide) groups is 1. The van der Waals surface area contributed by atoms with Gasteiger partial charge < -0.3 is 0 Å². The molecule has 0 bridgehead atoms. The highest BCUT2D eigenvalue weighted by Gasteiger charge is 2.24. The third-order valence-electron chi connectivity index (χ3n) is 2.86. The van der Waals surface area contributed by atoms with E-state index in [0.29, 0.717) is 18.1 Å². The van der Waals surface area contributed by atoms with Gasteiger partial charge in [-0.2, -0.15) is 5.26 Å². The van der Waals surface area contributed by atoms with E-state index < -0.39 is 5.54 Å². The second-order valence-electron chi connectivity index (χ2n) is 5.30. The van der Waals surface area contributed by atoms with Crippen LogP contribution in [0.25, 0.3) is 0 Å². The van der Waals surface area contributed by atoms with Crippen LogP contribution in [0.3, 0.4) is 0 Å². The molecule has 0 spiro atoms. The second-order valence-corrected chi connectivity index (χ2v) is 6.37. The normalized spacial score (nSPS) is 14.2. The monoisotopic (exact) mass is 297 g/mol. The minimum Gasteiger partial charge on any atom is -0.297 e. The summed E-state index contributed by atoms with van der Waals surface area (Å²) < 4.78 is 1.64. The predicted molar refractivity (Wildman–Crippen MR) is 80.8 cm³/mol. The van der Waals surface area contributed by atoms with Crippen molar-refractivity contribution in [3.05, 3.63) is 10.5 Å². The van der Waals surface area contributed by atoms with Crippen molar-refractivity contribution < 1.29 is 0 Å². The van der Waals surface area contributed by atoms with Crippen LogP contribution < -0.4 is 11.0 Å². The van der Waals surface area contributed by atoms with E-state index in [1.54, 1.807) is 4.57 Å².